The van der Waals surface area contributed by atoms with Crippen LogP contribution in [0.4, 0.5) is 0 Å². The maximum atomic E-state index is 7.57. The lowest BCUT2D eigenvalue weighted by atomic mass is 10.1. The third-order valence-corrected chi connectivity index (χ3v) is 1.64. The van der Waals surface area contributed by atoms with Crippen molar-refractivity contribution in [3.63, 3.8) is 0 Å². The SMILES string of the molecule is CC.CC.CC.CCO.CCc1ccccc1C. The number of aliphatic hydroxyl groups excluding tert-OH is 1. The molecule has 0 spiro atoms. The molecule has 1 rings (SSSR count). The van der Waals surface area contributed by atoms with Gasteiger partial charge < -0.3 is 5.11 Å². The molecule has 0 saturated carbocycles. The molecule has 0 heterocycles. The molecule has 0 atom stereocenters. The summed E-state index contributed by atoms with van der Waals surface area (Å²) in [7, 11) is 0. The summed E-state index contributed by atoms with van der Waals surface area (Å²) in [4.78, 5) is 0. The zero-order valence-electron chi connectivity index (χ0n) is 14.2. The molecule has 0 unspecified atom stereocenters. The van der Waals surface area contributed by atoms with E-state index < -0.39 is 0 Å². The van der Waals surface area contributed by atoms with Gasteiger partial charge in [0.25, 0.3) is 0 Å². The van der Waals surface area contributed by atoms with E-state index in [1.807, 2.05) is 41.5 Å². The summed E-state index contributed by atoms with van der Waals surface area (Å²) in [5.41, 5.74) is 2.86. The normalized spacial score (nSPS) is 6.78. The molecule has 1 N–H and O–H groups in total. The van der Waals surface area contributed by atoms with Gasteiger partial charge in [-0.25, -0.2) is 0 Å². The molecule has 0 saturated heterocycles. The Morgan fingerprint density at radius 3 is 1.39 bits per heavy atom. The molecular weight excluding hydrogens is 220 g/mol. The van der Waals surface area contributed by atoms with Gasteiger partial charge in [0.05, 0.1) is 0 Å². The van der Waals surface area contributed by atoms with E-state index in [9.17, 15) is 0 Å². The van der Waals surface area contributed by atoms with Gasteiger partial charge in [-0.1, -0.05) is 72.7 Å². The van der Waals surface area contributed by atoms with E-state index in [1.165, 1.54) is 11.1 Å². The third-order valence-electron chi connectivity index (χ3n) is 1.64. The summed E-state index contributed by atoms with van der Waals surface area (Å²) < 4.78 is 0. The Morgan fingerprint density at radius 1 is 0.833 bits per heavy atom. The molecule has 1 aromatic rings. The van der Waals surface area contributed by atoms with Crippen molar-refractivity contribution >= 4 is 0 Å². The van der Waals surface area contributed by atoms with Crippen LogP contribution in [0.5, 0.6) is 0 Å². The molecular formula is C17H36O. The maximum absolute atomic E-state index is 7.57. The molecule has 0 aliphatic heterocycles. The Hall–Kier alpha value is -0.820. The van der Waals surface area contributed by atoms with E-state index in [2.05, 4.69) is 38.1 Å². The fraction of sp³-hybridized carbons (Fsp3) is 0.647. The summed E-state index contributed by atoms with van der Waals surface area (Å²) in [5.74, 6) is 0. The van der Waals surface area contributed by atoms with Gasteiger partial charge in [0.2, 0.25) is 0 Å². The van der Waals surface area contributed by atoms with E-state index >= 15 is 0 Å². The topological polar surface area (TPSA) is 20.2 Å². The van der Waals surface area contributed by atoms with Crippen molar-refractivity contribution in [1.29, 1.82) is 0 Å². The average Bonchev–Trinajstić information content (AvgIpc) is 2.47. The van der Waals surface area contributed by atoms with Gasteiger partial charge in [0.15, 0.2) is 0 Å². The number of hydrogen-bond donors (Lipinski definition) is 1. The lowest BCUT2D eigenvalue weighted by molar-refractivity contribution is 0.318. The molecule has 0 radical (unpaired) electrons. The molecule has 0 bridgehead atoms. The predicted molar refractivity (Wildman–Crippen MR) is 87.4 cm³/mol. The lowest BCUT2D eigenvalue weighted by Gasteiger charge is -1.98. The summed E-state index contributed by atoms with van der Waals surface area (Å²) >= 11 is 0. The number of aryl methyl sites for hydroxylation is 2. The van der Waals surface area contributed by atoms with Crippen molar-refractivity contribution in [2.45, 2.75) is 68.7 Å². The van der Waals surface area contributed by atoms with Gasteiger partial charge in [-0.3, -0.25) is 0 Å². The monoisotopic (exact) mass is 256 g/mol. The quantitative estimate of drug-likeness (QED) is 0.690. The predicted octanol–water partition coefficient (Wildman–Crippen LogP) is 5.63. The third kappa shape index (κ3) is 20.6. The van der Waals surface area contributed by atoms with E-state index in [1.54, 1.807) is 6.92 Å². The molecule has 1 aromatic carbocycles. The Morgan fingerprint density at radius 2 is 1.17 bits per heavy atom. The minimum Gasteiger partial charge on any atom is -0.397 e. The molecule has 110 valence electrons. The van der Waals surface area contributed by atoms with E-state index in [4.69, 9.17) is 5.11 Å². The van der Waals surface area contributed by atoms with E-state index in [-0.39, 0.29) is 6.61 Å². The van der Waals surface area contributed by atoms with E-state index in [0.29, 0.717) is 0 Å². The highest BCUT2D eigenvalue weighted by atomic mass is 16.2. The van der Waals surface area contributed by atoms with Gasteiger partial charge in [-0.2, -0.15) is 0 Å². The van der Waals surface area contributed by atoms with Crippen molar-refractivity contribution in [3.8, 4) is 0 Å². The summed E-state index contributed by atoms with van der Waals surface area (Å²) in [6.45, 7) is 18.3. The number of benzene rings is 1. The maximum Gasteiger partial charge on any atom is 0.0402 e. The smallest absolute Gasteiger partial charge is 0.0402 e. The van der Waals surface area contributed by atoms with Crippen molar-refractivity contribution in [1.82, 2.24) is 0 Å². The first-order valence-electron chi connectivity index (χ1n) is 7.41. The van der Waals surface area contributed by atoms with Crippen LogP contribution in [0.15, 0.2) is 24.3 Å². The zero-order valence-corrected chi connectivity index (χ0v) is 14.2. The summed E-state index contributed by atoms with van der Waals surface area (Å²) in [6, 6.07) is 8.49. The molecule has 1 nitrogen and oxygen atoms in total. The molecule has 0 aliphatic carbocycles. The summed E-state index contributed by atoms with van der Waals surface area (Å²) in [6.07, 6.45) is 1.15. The van der Waals surface area contributed by atoms with Crippen LogP contribution in [0.25, 0.3) is 0 Å². The van der Waals surface area contributed by atoms with Gasteiger partial charge in [0.1, 0.15) is 0 Å². The van der Waals surface area contributed by atoms with Crippen molar-refractivity contribution < 1.29 is 5.11 Å². The van der Waals surface area contributed by atoms with Gasteiger partial charge >= 0.3 is 0 Å². The van der Waals surface area contributed by atoms with Crippen LogP contribution in [0, 0.1) is 6.92 Å². The van der Waals surface area contributed by atoms with Crippen molar-refractivity contribution in [3.05, 3.63) is 35.4 Å². The largest absolute Gasteiger partial charge is 0.397 e. The number of hydrogen-bond acceptors (Lipinski definition) is 1. The number of rotatable bonds is 1. The second-order valence-corrected chi connectivity index (χ2v) is 2.60. The highest BCUT2D eigenvalue weighted by Gasteiger charge is 1.89. The standard InChI is InChI=1S/C9H12.C2H6O.3C2H6/c1-3-9-7-5-4-6-8(9)2;1-2-3;3*1-2/h4-7H,3H2,1-2H3;3H,2H2,1H3;3*1-2H3. The number of aliphatic hydroxyl groups is 1. The molecule has 0 aromatic heterocycles. The van der Waals surface area contributed by atoms with Crippen LogP contribution in [0.1, 0.15) is 66.5 Å². The van der Waals surface area contributed by atoms with Gasteiger partial charge in [-0.05, 0) is 31.4 Å². The molecule has 1 heteroatoms. The summed E-state index contributed by atoms with van der Waals surface area (Å²) in [5, 5.41) is 7.57. The fourth-order valence-electron chi connectivity index (χ4n) is 1.01. The van der Waals surface area contributed by atoms with Gasteiger partial charge in [-0.15, -0.1) is 0 Å². The minimum atomic E-state index is 0.250. The zero-order chi connectivity index (χ0) is 15.4. The Balaban J connectivity index is -0.0000000925. The van der Waals surface area contributed by atoms with Crippen LogP contribution < -0.4 is 0 Å². The Labute approximate surface area is 116 Å². The van der Waals surface area contributed by atoms with Crippen molar-refractivity contribution in [2.75, 3.05) is 6.61 Å². The first-order chi connectivity index (χ1) is 8.76. The minimum absolute atomic E-state index is 0.250. The van der Waals surface area contributed by atoms with Gasteiger partial charge in [0, 0.05) is 6.61 Å². The Kier molecular flexibility index (Phi) is 42.9. The second-order valence-electron chi connectivity index (χ2n) is 2.60. The van der Waals surface area contributed by atoms with Crippen molar-refractivity contribution in [2.24, 2.45) is 0 Å². The molecule has 18 heavy (non-hydrogen) atoms. The van der Waals surface area contributed by atoms with E-state index in [0.717, 1.165) is 6.42 Å². The average molecular weight is 256 g/mol. The highest BCUT2D eigenvalue weighted by molar-refractivity contribution is 5.24. The highest BCUT2D eigenvalue weighted by Crippen LogP contribution is 2.06. The molecule has 0 fully saturated rings. The molecule has 0 amide bonds. The molecule has 0 aliphatic rings. The second kappa shape index (κ2) is 29.8. The lowest BCUT2D eigenvalue weighted by Crippen LogP contribution is -1.82. The first-order valence-corrected chi connectivity index (χ1v) is 7.41. The van der Waals surface area contributed by atoms with Crippen LogP contribution in [-0.2, 0) is 6.42 Å². The van der Waals surface area contributed by atoms with Crippen LogP contribution in [0.2, 0.25) is 0 Å². The first kappa shape index (κ1) is 25.9. The Bertz CT molecular complexity index is 207. The fourth-order valence-corrected chi connectivity index (χ4v) is 1.01. The van der Waals surface area contributed by atoms with Crippen LogP contribution >= 0.6 is 0 Å². The van der Waals surface area contributed by atoms with Crippen LogP contribution in [0.3, 0.4) is 0 Å². The van der Waals surface area contributed by atoms with Crippen LogP contribution in [-0.4, -0.2) is 11.7 Å².